The van der Waals surface area contributed by atoms with Gasteiger partial charge in [0.25, 0.3) is 0 Å². The first-order chi connectivity index (χ1) is 8.20. The average Bonchev–Trinajstić information content (AvgIpc) is 2.38. The Kier molecular flexibility index (Phi) is 5.87. The van der Waals surface area contributed by atoms with E-state index in [-0.39, 0.29) is 11.7 Å². The molecule has 1 aromatic rings. The summed E-state index contributed by atoms with van der Waals surface area (Å²) < 4.78 is 10.9. The zero-order valence-corrected chi connectivity index (χ0v) is 10.7. The van der Waals surface area contributed by atoms with Gasteiger partial charge in [0.05, 0.1) is 5.92 Å². The van der Waals surface area contributed by atoms with E-state index in [1.807, 2.05) is 51.1 Å². The minimum atomic E-state index is -0.460. The number of benzene rings is 1. The molecular weight excluding hydrogens is 216 g/mol. The molecule has 0 aliphatic rings. The number of carbonyl (C=O) groups is 1. The van der Waals surface area contributed by atoms with E-state index in [1.54, 1.807) is 0 Å². The molecule has 0 saturated carbocycles. The molecule has 0 bridgehead atoms. The Morgan fingerprint density at radius 3 is 2.12 bits per heavy atom. The largest absolute Gasteiger partial charge is 0.352 e. The van der Waals surface area contributed by atoms with Crippen molar-refractivity contribution >= 4 is 5.78 Å². The van der Waals surface area contributed by atoms with E-state index in [0.29, 0.717) is 18.8 Å². The fraction of sp³-hybridized carbons (Fsp3) is 0.500. The fourth-order valence-corrected chi connectivity index (χ4v) is 1.65. The Balaban J connectivity index is 2.73. The number of ketones is 1. The van der Waals surface area contributed by atoms with E-state index in [0.717, 1.165) is 0 Å². The quantitative estimate of drug-likeness (QED) is 0.539. The van der Waals surface area contributed by atoms with Crippen LogP contribution < -0.4 is 0 Å². The summed E-state index contributed by atoms with van der Waals surface area (Å²) in [5.41, 5.74) is 0.699. The predicted molar refractivity (Wildman–Crippen MR) is 67.0 cm³/mol. The summed E-state index contributed by atoms with van der Waals surface area (Å²) in [6.45, 7) is 6.71. The first-order valence-electron chi connectivity index (χ1n) is 6.03. The van der Waals surface area contributed by atoms with Crippen molar-refractivity contribution in [1.82, 2.24) is 0 Å². The summed E-state index contributed by atoms with van der Waals surface area (Å²) in [6, 6.07) is 9.23. The Labute approximate surface area is 103 Å². The van der Waals surface area contributed by atoms with Crippen LogP contribution in [0.25, 0.3) is 0 Å². The van der Waals surface area contributed by atoms with E-state index >= 15 is 0 Å². The lowest BCUT2D eigenvalue weighted by atomic mass is 9.99. The highest BCUT2D eigenvalue weighted by Gasteiger charge is 2.25. The molecule has 1 unspecified atom stereocenters. The summed E-state index contributed by atoms with van der Waals surface area (Å²) in [5.74, 6) is -0.241. The van der Waals surface area contributed by atoms with Crippen molar-refractivity contribution in [2.45, 2.75) is 27.1 Å². The third-order valence-electron chi connectivity index (χ3n) is 2.54. The van der Waals surface area contributed by atoms with Crippen LogP contribution in [-0.4, -0.2) is 25.3 Å². The van der Waals surface area contributed by atoms with E-state index in [9.17, 15) is 4.79 Å². The van der Waals surface area contributed by atoms with Crippen molar-refractivity contribution < 1.29 is 14.3 Å². The second-order valence-electron chi connectivity index (χ2n) is 3.80. The van der Waals surface area contributed by atoms with Crippen LogP contribution in [0.15, 0.2) is 30.3 Å². The summed E-state index contributed by atoms with van der Waals surface area (Å²) in [4.78, 5) is 12.2. The molecule has 94 valence electrons. The lowest BCUT2D eigenvalue weighted by Gasteiger charge is -2.22. The van der Waals surface area contributed by atoms with E-state index in [1.165, 1.54) is 0 Å². The molecule has 0 heterocycles. The van der Waals surface area contributed by atoms with Crippen LogP contribution in [0.4, 0.5) is 0 Å². The Morgan fingerprint density at radius 1 is 1.12 bits per heavy atom. The van der Waals surface area contributed by atoms with Crippen molar-refractivity contribution in [2.24, 2.45) is 5.92 Å². The van der Waals surface area contributed by atoms with Gasteiger partial charge in [0, 0.05) is 18.8 Å². The smallest absolute Gasteiger partial charge is 0.170 e. The maximum atomic E-state index is 12.2. The van der Waals surface area contributed by atoms with Gasteiger partial charge in [-0.15, -0.1) is 0 Å². The normalized spacial score (nSPS) is 12.7. The van der Waals surface area contributed by atoms with Gasteiger partial charge in [-0.3, -0.25) is 4.79 Å². The fourth-order valence-electron chi connectivity index (χ4n) is 1.65. The van der Waals surface area contributed by atoms with Crippen LogP contribution in [0.2, 0.25) is 0 Å². The third kappa shape index (κ3) is 3.95. The topological polar surface area (TPSA) is 35.5 Å². The maximum Gasteiger partial charge on any atom is 0.170 e. The van der Waals surface area contributed by atoms with Gasteiger partial charge in [-0.1, -0.05) is 37.3 Å². The van der Waals surface area contributed by atoms with E-state index in [2.05, 4.69) is 0 Å². The monoisotopic (exact) mass is 236 g/mol. The first kappa shape index (κ1) is 13.9. The molecule has 0 N–H and O–H groups in total. The van der Waals surface area contributed by atoms with Gasteiger partial charge in [0.15, 0.2) is 12.1 Å². The molecule has 1 atom stereocenters. The Hall–Kier alpha value is -1.19. The molecule has 1 rings (SSSR count). The highest BCUT2D eigenvalue weighted by Crippen LogP contribution is 2.16. The van der Waals surface area contributed by atoms with Gasteiger partial charge in [-0.25, -0.2) is 0 Å². The Morgan fingerprint density at radius 2 is 1.65 bits per heavy atom. The van der Waals surface area contributed by atoms with Gasteiger partial charge < -0.3 is 9.47 Å². The molecule has 0 fully saturated rings. The van der Waals surface area contributed by atoms with Gasteiger partial charge >= 0.3 is 0 Å². The van der Waals surface area contributed by atoms with Gasteiger partial charge in [0.2, 0.25) is 0 Å². The number of rotatable bonds is 7. The molecule has 0 aliphatic heterocycles. The summed E-state index contributed by atoms with van der Waals surface area (Å²) in [5, 5.41) is 0. The number of hydrogen-bond donors (Lipinski definition) is 0. The van der Waals surface area contributed by atoms with Crippen LogP contribution in [-0.2, 0) is 9.47 Å². The van der Waals surface area contributed by atoms with Crippen molar-refractivity contribution in [3.8, 4) is 0 Å². The molecule has 0 aromatic heterocycles. The van der Waals surface area contributed by atoms with Crippen LogP contribution in [0, 0.1) is 5.92 Å². The summed E-state index contributed by atoms with van der Waals surface area (Å²) in [6.07, 6.45) is -0.460. The summed E-state index contributed by atoms with van der Waals surface area (Å²) >= 11 is 0. The second-order valence-corrected chi connectivity index (χ2v) is 3.80. The van der Waals surface area contributed by atoms with E-state index in [4.69, 9.17) is 9.47 Å². The lowest BCUT2D eigenvalue weighted by Crippen LogP contribution is -2.31. The number of hydrogen-bond acceptors (Lipinski definition) is 3. The zero-order chi connectivity index (χ0) is 12.7. The molecule has 1 aromatic carbocycles. The zero-order valence-electron chi connectivity index (χ0n) is 10.7. The van der Waals surface area contributed by atoms with Crippen molar-refractivity contribution in [2.75, 3.05) is 13.2 Å². The predicted octanol–water partition coefficient (Wildman–Crippen LogP) is 2.90. The highest BCUT2D eigenvalue weighted by atomic mass is 16.7. The average molecular weight is 236 g/mol. The van der Waals surface area contributed by atoms with Crippen molar-refractivity contribution in [3.63, 3.8) is 0 Å². The number of ether oxygens (including phenoxy) is 2. The first-order valence-corrected chi connectivity index (χ1v) is 6.03. The minimum Gasteiger partial charge on any atom is -0.352 e. The van der Waals surface area contributed by atoms with Crippen LogP contribution in [0.5, 0.6) is 0 Å². The third-order valence-corrected chi connectivity index (χ3v) is 2.54. The SMILES string of the molecule is CCOC(OCC)C(C)C(=O)c1ccccc1. The molecule has 3 heteroatoms. The second kappa shape index (κ2) is 7.20. The molecule has 17 heavy (non-hydrogen) atoms. The highest BCUT2D eigenvalue weighted by molar-refractivity contribution is 5.97. The van der Waals surface area contributed by atoms with Crippen LogP contribution >= 0.6 is 0 Å². The lowest BCUT2D eigenvalue weighted by molar-refractivity contribution is -0.154. The molecule has 0 spiro atoms. The number of carbonyl (C=O) groups excluding carboxylic acids is 1. The van der Waals surface area contributed by atoms with Gasteiger partial charge in [0.1, 0.15) is 0 Å². The molecule has 0 aliphatic carbocycles. The van der Waals surface area contributed by atoms with Crippen molar-refractivity contribution in [3.05, 3.63) is 35.9 Å². The minimum absolute atomic E-state index is 0.0532. The van der Waals surface area contributed by atoms with Crippen molar-refractivity contribution in [1.29, 1.82) is 0 Å². The molecule has 0 radical (unpaired) electrons. The van der Waals surface area contributed by atoms with E-state index < -0.39 is 6.29 Å². The Bertz CT molecular complexity index is 329. The molecular formula is C14H20O3. The standard InChI is InChI=1S/C14H20O3/c1-4-16-14(17-5-2)11(3)13(15)12-9-7-6-8-10-12/h6-11,14H,4-5H2,1-3H3. The molecule has 0 amide bonds. The van der Waals surface area contributed by atoms with Crippen LogP contribution in [0.1, 0.15) is 31.1 Å². The van der Waals surface area contributed by atoms with Gasteiger partial charge in [-0.2, -0.15) is 0 Å². The maximum absolute atomic E-state index is 12.2. The summed E-state index contributed by atoms with van der Waals surface area (Å²) in [7, 11) is 0. The number of Topliss-reactive ketones (excluding diaryl/α,β-unsaturated/α-hetero) is 1. The van der Waals surface area contributed by atoms with Crippen LogP contribution in [0.3, 0.4) is 0 Å². The van der Waals surface area contributed by atoms with Gasteiger partial charge in [-0.05, 0) is 13.8 Å². The molecule has 3 nitrogen and oxygen atoms in total. The molecule has 0 saturated heterocycles.